The van der Waals surface area contributed by atoms with Crippen LogP contribution in [0.1, 0.15) is 26.3 Å². The summed E-state index contributed by atoms with van der Waals surface area (Å²) in [5.41, 5.74) is 15.1. The van der Waals surface area contributed by atoms with Crippen LogP contribution in [0.3, 0.4) is 0 Å². The van der Waals surface area contributed by atoms with E-state index < -0.39 is 5.82 Å². The highest BCUT2D eigenvalue weighted by molar-refractivity contribution is 6.26. The van der Waals surface area contributed by atoms with E-state index in [0.29, 0.717) is 16.7 Å². The van der Waals surface area contributed by atoms with Gasteiger partial charge in [-0.1, -0.05) is 154 Å². The van der Waals surface area contributed by atoms with Crippen molar-refractivity contribution in [1.82, 2.24) is 0 Å². The Morgan fingerprint density at radius 1 is 0.270 bits per heavy atom. The van der Waals surface area contributed by atoms with Gasteiger partial charge in [0.2, 0.25) is 0 Å². The average Bonchev–Trinajstić information content (AvgIpc) is 4.03. The van der Waals surface area contributed by atoms with Crippen molar-refractivity contribution in [2.24, 2.45) is 0 Å². The second-order valence-corrected chi connectivity index (χ2v) is 20.7. The molecule has 0 unspecified atom stereocenters. The van der Waals surface area contributed by atoms with Gasteiger partial charge in [-0.25, -0.2) is 8.78 Å². The normalized spacial score (nSPS) is 12.1. The summed E-state index contributed by atoms with van der Waals surface area (Å²) >= 11 is 0. The lowest BCUT2D eigenvalue weighted by Crippen LogP contribution is -2.10. The Bertz CT molecular complexity index is 4580. The molecule has 352 valence electrons. The summed E-state index contributed by atoms with van der Waals surface area (Å²) in [6, 6.07) is 75.7. The topological polar surface area (TPSA) is 26.3 Å². The maximum atomic E-state index is 15.8. The van der Waals surface area contributed by atoms with Crippen molar-refractivity contribution >= 4 is 76.2 Å². The third kappa shape index (κ3) is 7.36. The van der Waals surface area contributed by atoms with Crippen molar-refractivity contribution in [3.05, 3.63) is 242 Å². The minimum absolute atomic E-state index is 0.0130. The Hall–Kier alpha value is -9.12. The largest absolute Gasteiger partial charge is 0.456 e. The Morgan fingerprint density at radius 2 is 0.676 bits per heavy atom. The molecule has 0 spiro atoms. The fraction of sp³-hybridized carbons (Fsp3) is 0.0571. The molecule has 0 saturated carbocycles. The fourth-order valence-electron chi connectivity index (χ4n) is 11.3. The van der Waals surface area contributed by atoms with Gasteiger partial charge in [0.15, 0.2) is 0 Å². The van der Waals surface area contributed by atoms with Crippen LogP contribution in [0.2, 0.25) is 0 Å². The van der Waals surface area contributed by atoms with Crippen LogP contribution in [-0.4, -0.2) is 0 Å². The lowest BCUT2D eigenvalue weighted by Gasteiger charge is -2.21. The fourth-order valence-corrected chi connectivity index (χ4v) is 11.3. The molecule has 74 heavy (non-hydrogen) atoms. The van der Waals surface area contributed by atoms with Gasteiger partial charge < -0.3 is 8.83 Å². The molecular formula is C70H46F2O2. The van der Waals surface area contributed by atoms with E-state index >= 15 is 8.78 Å². The number of benzene rings is 12. The third-order valence-electron chi connectivity index (χ3n) is 15.1. The second kappa shape index (κ2) is 16.7. The molecule has 0 amide bonds. The SMILES string of the molecule is CC(C)(C)c1ccc2c3ccc(-c4cc(F)cc(-c5cc(F)cc(-c6ccc(-c7cc(-c8ccc9c(c8)oc8ccccc89)cc(-c8cccc9c8oc8ccccc89)c7)cc6)c5)c4)cc3c3ccccc3c2c1. The summed E-state index contributed by atoms with van der Waals surface area (Å²) in [6.45, 7) is 6.73. The maximum absolute atomic E-state index is 15.8. The molecule has 14 aromatic rings. The predicted molar refractivity (Wildman–Crippen MR) is 305 cm³/mol. The van der Waals surface area contributed by atoms with E-state index in [-0.39, 0.29) is 11.2 Å². The first-order valence-electron chi connectivity index (χ1n) is 25.2. The second-order valence-electron chi connectivity index (χ2n) is 20.7. The zero-order valence-electron chi connectivity index (χ0n) is 40.9. The van der Waals surface area contributed by atoms with E-state index in [1.165, 1.54) is 33.9 Å². The molecule has 2 aromatic heterocycles. The van der Waals surface area contributed by atoms with Crippen LogP contribution in [0.5, 0.6) is 0 Å². The van der Waals surface area contributed by atoms with Crippen LogP contribution in [0.4, 0.5) is 8.78 Å². The molecule has 0 saturated heterocycles. The van der Waals surface area contributed by atoms with Crippen LogP contribution in [0, 0.1) is 11.6 Å². The molecule has 0 radical (unpaired) electrons. The highest BCUT2D eigenvalue weighted by Gasteiger charge is 2.19. The van der Waals surface area contributed by atoms with Crippen molar-refractivity contribution < 1.29 is 17.6 Å². The molecule has 0 atom stereocenters. The van der Waals surface area contributed by atoms with Crippen LogP contribution in [0.15, 0.2) is 233 Å². The summed E-state index contributed by atoms with van der Waals surface area (Å²) in [5.74, 6) is -0.786. The highest BCUT2D eigenvalue weighted by Crippen LogP contribution is 2.43. The molecule has 2 nitrogen and oxygen atoms in total. The lowest BCUT2D eigenvalue weighted by molar-refractivity contribution is 0.591. The first-order chi connectivity index (χ1) is 36.1. The minimum Gasteiger partial charge on any atom is -0.456 e. The van der Waals surface area contributed by atoms with Crippen LogP contribution >= 0.6 is 0 Å². The highest BCUT2D eigenvalue weighted by atomic mass is 19.1. The standard InChI is InChI=1S/C70H46F2O2/c1-70(2,3)52-25-28-59-58-26-23-43(38-64(58)56-11-4-5-12-57(56)65(59)40-52)48-31-50(37-54(72)35-48)49-30-47(34-53(71)36-49)42-21-19-41(20-22-42)45-29-46(44-24-27-62-60-13-6-8-17-66(60)73-68(62)39-44)33-51(32-45)55-15-10-16-63-61-14-7-9-18-67(61)74-69(55)63/h4-40H,1-3H3. The summed E-state index contributed by atoms with van der Waals surface area (Å²) in [6.07, 6.45) is 0. The monoisotopic (exact) mass is 956 g/mol. The Morgan fingerprint density at radius 3 is 1.30 bits per heavy atom. The van der Waals surface area contributed by atoms with E-state index in [9.17, 15) is 0 Å². The third-order valence-corrected chi connectivity index (χ3v) is 15.1. The van der Waals surface area contributed by atoms with Gasteiger partial charge in [-0.2, -0.15) is 0 Å². The van der Waals surface area contributed by atoms with Gasteiger partial charge in [0.25, 0.3) is 0 Å². The van der Waals surface area contributed by atoms with E-state index in [2.05, 4.69) is 160 Å². The summed E-state index contributed by atoms with van der Waals surface area (Å²) < 4.78 is 44.6. The molecule has 0 aliphatic heterocycles. The molecular weight excluding hydrogens is 911 g/mol. The van der Waals surface area contributed by atoms with Crippen molar-refractivity contribution in [2.75, 3.05) is 0 Å². The van der Waals surface area contributed by atoms with Crippen LogP contribution in [0.25, 0.3) is 143 Å². The molecule has 0 bridgehead atoms. The summed E-state index contributed by atoms with van der Waals surface area (Å²) in [7, 11) is 0. The van der Waals surface area contributed by atoms with Crippen molar-refractivity contribution in [3.8, 4) is 66.8 Å². The van der Waals surface area contributed by atoms with Gasteiger partial charge in [-0.05, 0) is 195 Å². The molecule has 0 fully saturated rings. The molecule has 4 heteroatoms. The Kier molecular flexibility index (Phi) is 9.87. The van der Waals surface area contributed by atoms with Gasteiger partial charge >= 0.3 is 0 Å². The first kappa shape index (κ1) is 43.7. The summed E-state index contributed by atoms with van der Waals surface area (Å²) in [5, 5.41) is 11.3. The molecule has 2 heterocycles. The summed E-state index contributed by atoms with van der Waals surface area (Å²) in [4.78, 5) is 0. The molecule has 14 rings (SSSR count). The van der Waals surface area contributed by atoms with Crippen LogP contribution in [-0.2, 0) is 5.41 Å². The number of fused-ring (bicyclic) bond motifs is 12. The van der Waals surface area contributed by atoms with Gasteiger partial charge in [0.05, 0.1) is 0 Å². The van der Waals surface area contributed by atoms with E-state index in [4.69, 9.17) is 8.83 Å². The number of hydrogen-bond acceptors (Lipinski definition) is 2. The van der Waals surface area contributed by atoms with E-state index in [0.717, 1.165) is 110 Å². The lowest BCUT2D eigenvalue weighted by atomic mass is 9.84. The minimum atomic E-state index is -0.399. The Balaban J connectivity index is 0.836. The zero-order valence-corrected chi connectivity index (χ0v) is 40.9. The zero-order chi connectivity index (χ0) is 49.8. The van der Waals surface area contributed by atoms with E-state index in [1.807, 2.05) is 60.7 Å². The number of rotatable bonds is 6. The predicted octanol–water partition coefficient (Wildman–Crippen LogP) is 20.5. The van der Waals surface area contributed by atoms with Crippen molar-refractivity contribution in [1.29, 1.82) is 0 Å². The van der Waals surface area contributed by atoms with Gasteiger partial charge in [-0.3, -0.25) is 0 Å². The molecule has 0 N–H and O–H groups in total. The molecule has 0 aliphatic carbocycles. The number of furan rings is 2. The molecule has 0 aliphatic rings. The van der Waals surface area contributed by atoms with E-state index in [1.54, 1.807) is 12.1 Å². The quantitative estimate of drug-likeness (QED) is 0.155. The van der Waals surface area contributed by atoms with Gasteiger partial charge in [-0.15, -0.1) is 0 Å². The number of para-hydroxylation sites is 3. The average molecular weight is 957 g/mol. The smallest absolute Gasteiger partial charge is 0.143 e. The first-order valence-corrected chi connectivity index (χ1v) is 25.2. The van der Waals surface area contributed by atoms with Crippen molar-refractivity contribution in [2.45, 2.75) is 26.2 Å². The maximum Gasteiger partial charge on any atom is 0.143 e. The van der Waals surface area contributed by atoms with Crippen molar-refractivity contribution in [3.63, 3.8) is 0 Å². The number of hydrogen-bond donors (Lipinski definition) is 0. The Labute approximate surface area is 426 Å². The molecule has 12 aromatic carbocycles. The van der Waals surface area contributed by atoms with Gasteiger partial charge in [0.1, 0.15) is 34.0 Å². The van der Waals surface area contributed by atoms with Gasteiger partial charge in [0, 0.05) is 27.1 Å². The van der Waals surface area contributed by atoms with Crippen LogP contribution < -0.4 is 0 Å². The number of halogens is 2.